The van der Waals surface area contributed by atoms with Crippen LogP contribution in [0.2, 0.25) is 0 Å². The Morgan fingerprint density at radius 3 is 2.24 bits per heavy atom. The third-order valence-corrected chi connectivity index (χ3v) is 5.26. The van der Waals surface area contributed by atoms with E-state index in [0.717, 1.165) is 34.4 Å². The van der Waals surface area contributed by atoms with Gasteiger partial charge in [-0.05, 0) is 66.4 Å². The molecule has 0 atom stereocenters. The molecular weight excluding hydrogens is 426 g/mol. The zero-order valence-electron chi connectivity index (χ0n) is 19.3. The quantitative estimate of drug-likeness (QED) is 0.338. The fourth-order valence-corrected chi connectivity index (χ4v) is 3.39. The molecule has 1 heterocycles. The summed E-state index contributed by atoms with van der Waals surface area (Å²) in [7, 11) is 0. The van der Waals surface area contributed by atoms with Gasteiger partial charge in [-0.15, -0.1) is 0 Å². The molecule has 0 spiro atoms. The second kappa shape index (κ2) is 11.1. The first-order chi connectivity index (χ1) is 16.6. The molecule has 0 fully saturated rings. The van der Waals surface area contributed by atoms with E-state index >= 15 is 0 Å². The molecule has 0 radical (unpaired) electrons. The lowest BCUT2D eigenvalue weighted by Gasteiger charge is -2.09. The molecule has 1 amide bonds. The minimum atomic E-state index is -0.156. The number of aryl methyl sites for hydroxylation is 1. The third-order valence-electron chi connectivity index (χ3n) is 5.26. The Kier molecular flexibility index (Phi) is 7.50. The van der Waals surface area contributed by atoms with E-state index in [1.54, 1.807) is 36.7 Å². The van der Waals surface area contributed by atoms with Gasteiger partial charge in [-0.3, -0.25) is 4.79 Å². The number of ether oxygens (including phenoxy) is 2. The average molecular weight is 454 g/mol. The van der Waals surface area contributed by atoms with Crippen molar-refractivity contribution >= 4 is 5.91 Å². The second-order valence-electron chi connectivity index (χ2n) is 7.87. The van der Waals surface area contributed by atoms with E-state index in [9.17, 15) is 4.79 Å². The van der Waals surface area contributed by atoms with Crippen molar-refractivity contribution in [3.05, 3.63) is 102 Å². The summed E-state index contributed by atoms with van der Waals surface area (Å²) in [5.41, 5.74) is 4.73. The lowest BCUT2D eigenvalue weighted by atomic mass is 10.0. The maximum atomic E-state index is 12.5. The average Bonchev–Trinajstić information content (AvgIpc) is 2.88. The van der Waals surface area contributed by atoms with Crippen LogP contribution in [0, 0.1) is 6.92 Å². The number of benzene rings is 3. The molecule has 0 aliphatic carbocycles. The summed E-state index contributed by atoms with van der Waals surface area (Å²) in [6, 6.07) is 23.0. The van der Waals surface area contributed by atoms with Crippen molar-refractivity contribution in [2.24, 2.45) is 0 Å². The number of rotatable bonds is 9. The van der Waals surface area contributed by atoms with E-state index in [0.29, 0.717) is 24.5 Å². The topological polar surface area (TPSA) is 73.3 Å². The van der Waals surface area contributed by atoms with Gasteiger partial charge in [-0.1, -0.05) is 43.3 Å². The van der Waals surface area contributed by atoms with Crippen LogP contribution >= 0.6 is 0 Å². The van der Waals surface area contributed by atoms with Crippen molar-refractivity contribution in [1.29, 1.82) is 0 Å². The molecule has 6 nitrogen and oxygen atoms in total. The molecular formula is C28H27N3O3. The number of carbonyl (C=O) groups is 1. The number of amides is 1. The molecule has 172 valence electrons. The van der Waals surface area contributed by atoms with Crippen molar-refractivity contribution in [3.8, 4) is 28.6 Å². The van der Waals surface area contributed by atoms with Crippen LogP contribution in [-0.2, 0) is 6.54 Å². The van der Waals surface area contributed by atoms with Gasteiger partial charge in [0.2, 0.25) is 0 Å². The smallest absolute Gasteiger partial charge is 0.321 e. The van der Waals surface area contributed by atoms with E-state index in [1.165, 1.54) is 0 Å². The normalized spacial score (nSPS) is 10.5. The van der Waals surface area contributed by atoms with Crippen LogP contribution in [0.25, 0.3) is 11.1 Å². The van der Waals surface area contributed by atoms with Crippen molar-refractivity contribution in [2.45, 2.75) is 26.8 Å². The van der Waals surface area contributed by atoms with Crippen LogP contribution in [0.4, 0.5) is 0 Å². The largest absolute Gasteiger partial charge is 0.494 e. The summed E-state index contributed by atoms with van der Waals surface area (Å²) < 4.78 is 11.3. The Balaban J connectivity index is 1.31. The Morgan fingerprint density at radius 1 is 0.882 bits per heavy atom. The van der Waals surface area contributed by atoms with Crippen molar-refractivity contribution in [1.82, 2.24) is 15.3 Å². The first-order valence-electron chi connectivity index (χ1n) is 11.3. The van der Waals surface area contributed by atoms with Crippen LogP contribution in [0.3, 0.4) is 0 Å². The highest BCUT2D eigenvalue weighted by Crippen LogP contribution is 2.24. The molecule has 3 aromatic carbocycles. The van der Waals surface area contributed by atoms with E-state index in [1.807, 2.05) is 42.5 Å². The zero-order valence-corrected chi connectivity index (χ0v) is 19.3. The first kappa shape index (κ1) is 23.0. The fraction of sp³-hybridized carbons (Fsp3) is 0.179. The van der Waals surface area contributed by atoms with Gasteiger partial charge < -0.3 is 14.8 Å². The van der Waals surface area contributed by atoms with Gasteiger partial charge in [0.05, 0.1) is 6.61 Å². The van der Waals surface area contributed by atoms with Gasteiger partial charge in [0.25, 0.3) is 5.91 Å². The maximum Gasteiger partial charge on any atom is 0.321 e. The highest BCUT2D eigenvalue weighted by molar-refractivity contribution is 5.94. The van der Waals surface area contributed by atoms with Crippen molar-refractivity contribution in [2.75, 3.05) is 6.61 Å². The van der Waals surface area contributed by atoms with Crippen LogP contribution in [0.1, 0.15) is 34.8 Å². The molecule has 0 aliphatic rings. The van der Waals surface area contributed by atoms with E-state index < -0.39 is 0 Å². The Hall–Kier alpha value is -4.19. The Morgan fingerprint density at radius 2 is 1.56 bits per heavy atom. The van der Waals surface area contributed by atoms with E-state index in [-0.39, 0.29) is 11.9 Å². The minimum absolute atomic E-state index is 0.156. The molecule has 0 unspecified atom stereocenters. The van der Waals surface area contributed by atoms with Gasteiger partial charge in [-0.2, -0.15) is 0 Å². The summed E-state index contributed by atoms with van der Waals surface area (Å²) in [6.07, 6.45) is 4.46. The SMILES string of the molecule is CCCOc1ccc(CNC(=O)c2ccc(Oc3ncc(-c4ccccc4C)cn3)cc2)cc1. The number of hydrogen-bond donors (Lipinski definition) is 1. The molecule has 1 N–H and O–H groups in total. The first-order valence-corrected chi connectivity index (χ1v) is 11.3. The third kappa shape index (κ3) is 5.98. The number of hydrogen-bond acceptors (Lipinski definition) is 5. The molecule has 1 aromatic heterocycles. The Bertz CT molecular complexity index is 1220. The second-order valence-corrected chi connectivity index (χ2v) is 7.87. The van der Waals surface area contributed by atoms with Crippen molar-refractivity contribution in [3.63, 3.8) is 0 Å². The zero-order chi connectivity index (χ0) is 23.8. The van der Waals surface area contributed by atoms with Gasteiger partial charge in [0.1, 0.15) is 11.5 Å². The molecule has 0 saturated carbocycles. The highest BCUT2D eigenvalue weighted by atomic mass is 16.5. The number of nitrogens with one attached hydrogen (secondary N) is 1. The monoisotopic (exact) mass is 453 g/mol. The predicted octanol–water partition coefficient (Wildman–Crippen LogP) is 5.96. The van der Waals surface area contributed by atoms with Gasteiger partial charge in [0, 0.05) is 30.1 Å². The summed E-state index contributed by atoms with van der Waals surface area (Å²) >= 11 is 0. The predicted molar refractivity (Wildman–Crippen MR) is 132 cm³/mol. The van der Waals surface area contributed by atoms with Gasteiger partial charge in [-0.25, -0.2) is 9.97 Å². The highest BCUT2D eigenvalue weighted by Gasteiger charge is 2.08. The molecule has 4 aromatic rings. The standard InChI is InChI=1S/C28H27N3O3/c1-3-16-33-24-12-8-21(9-13-24)17-29-27(32)22-10-14-25(15-11-22)34-28-30-18-23(19-31-28)26-7-5-4-6-20(26)2/h4-15,18-19H,3,16-17H2,1-2H3,(H,29,32). The number of carbonyl (C=O) groups excluding carboxylic acids is 1. The van der Waals surface area contributed by atoms with Gasteiger partial charge in [0.15, 0.2) is 0 Å². The summed E-state index contributed by atoms with van der Waals surface area (Å²) in [5, 5.41) is 2.93. The Labute approximate surface area is 199 Å². The van der Waals surface area contributed by atoms with E-state index in [2.05, 4.69) is 35.2 Å². The van der Waals surface area contributed by atoms with Crippen LogP contribution in [0.5, 0.6) is 17.5 Å². The molecule has 0 bridgehead atoms. The van der Waals surface area contributed by atoms with Crippen LogP contribution in [0.15, 0.2) is 85.2 Å². The van der Waals surface area contributed by atoms with Gasteiger partial charge >= 0.3 is 6.01 Å². The summed E-state index contributed by atoms with van der Waals surface area (Å²) in [6.45, 7) is 5.25. The number of nitrogens with zero attached hydrogens (tertiary/aromatic N) is 2. The summed E-state index contributed by atoms with van der Waals surface area (Å²) in [4.78, 5) is 21.1. The molecule has 4 rings (SSSR count). The molecule has 34 heavy (non-hydrogen) atoms. The maximum absolute atomic E-state index is 12.5. The lowest BCUT2D eigenvalue weighted by Crippen LogP contribution is -2.22. The fourth-order valence-electron chi connectivity index (χ4n) is 3.39. The molecule has 0 aliphatic heterocycles. The van der Waals surface area contributed by atoms with Crippen molar-refractivity contribution < 1.29 is 14.3 Å². The van der Waals surface area contributed by atoms with Crippen LogP contribution in [-0.4, -0.2) is 22.5 Å². The van der Waals surface area contributed by atoms with E-state index in [4.69, 9.17) is 9.47 Å². The lowest BCUT2D eigenvalue weighted by molar-refractivity contribution is 0.0951. The molecule has 6 heteroatoms. The number of aromatic nitrogens is 2. The van der Waals surface area contributed by atoms with Crippen LogP contribution < -0.4 is 14.8 Å². The minimum Gasteiger partial charge on any atom is -0.494 e. The summed E-state index contributed by atoms with van der Waals surface area (Å²) in [5.74, 6) is 1.24. The molecule has 0 saturated heterocycles.